The molecule has 3 heterocycles. The average molecular weight is 434 g/mol. The fourth-order valence-electron chi connectivity index (χ4n) is 4.08. The van der Waals surface area contributed by atoms with Crippen molar-refractivity contribution in [3.63, 3.8) is 0 Å². The fourth-order valence-corrected chi connectivity index (χ4v) is 4.86. The van der Waals surface area contributed by atoms with E-state index in [1.54, 1.807) is 4.90 Å². The Labute approximate surface area is 173 Å². The van der Waals surface area contributed by atoms with Crippen molar-refractivity contribution in [2.45, 2.75) is 38.3 Å². The summed E-state index contributed by atoms with van der Waals surface area (Å²) in [6, 6.07) is 5.01. The van der Waals surface area contributed by atoms with Gasteiger partial charge in [-0.05, 0) is 43.5 Å². The summed E-state index contributed by atoms with van der Waals surface area (Å²) in [5, 5.41) is 0. The number of carbonyl (C=O) groups excluding carboxylic acids is 1. The maximum Gasteiger partial charge on any atom is 0.255 e. The van der Waals surface area contributed by atoms with Gasteiger partial charge in [-0.2, -0.15) is 4.31 Å². The highest BCUT2D eigenvalue weighted by Gasteiger charge is 2.33. The first-order chi connectivity index (χ1) is 14.2. The van der Waals surface area contributed by atoms with Crippen LogP contribution in [0.3, 0.4) is 0 Å². The van der Waals surface area contributed by atoms with Crippen LogP contribution in [0.25, 0.3) is 0 Å². The van der Waals surface area contributed by atoms with Crippen molar-refractivity contribution < 1.29 is 17.6 Å². The van der Waals surface area contributed by atoms with E-state index in [-0.39, 0.29) is 30.6 Å². The monoisotopic (exact) mass is 434 g/mol. The minimum Gasteiger partial charge on any atom is -0.328 e. The van der Waals surface area contributed by atoms with Gasteiger partial charge < -0.3 is 9.88 Å². The summed E-state index contributed by atoms with van der Waals surface area (Å²) in [6.45, 7) is 0.786. The van der Waals surface area contributed by atoms with Crippen LogP contribution in [0.4, 0.5) is 4.39 Å². The van der Waals surface area contributed by atoms with Crippen molar-refractivity contribution in [3.8, 4) is 0 Å². The number of hydrogen-bond donors (Lipinski definition) is 1. The smallest absolute Gasteiger partial charge is 0.255 e. The molecule has 0 saturated carbocycles. The minimum absolute atomic E-state index is 0.000326. The molecule has 0 spiro atoms. The number of nitrogens with zero attached hydrogens (tertiary/aromatic N) is 3. The number of sulfonamides is 1. The van der Waals surface area contributed by atoms with Crippen LogP contribution in [-0.2, 0) is 23.0 Å². The lowest BCUT2D eigenvalue weighted by molar-refractivity contribution is 0.0598. The number of carbonyl (C=O) groups is 1. The van der Waals surface area contributed by atoms with Crippen molar-refractivity contribution >= 4 is 15.9 Å². The van der Waals surface area contributed by atoms with Gasteiger partial charge in [0.1, 0.15) is 11.6 Å². The molecule has 1 saturated heterocycles. The molecule has 1 atom stereocenters. The van der Waals surface area contributed by atoms with Crippen molar-refractivity contribution in [2.75, 3.05) is 19.3 Å². The van der Waals surface area contributed by atoms with Gasteiger partial charge in [0.25, 0.3) is 11.5 Å². The first-order valence-electron chi connectivity index (χ1n) is 9.87. The Bertz CT molecular complexity index is 1130. The third kappa shape index (κ3) is 4.01. The molecule has 160 valence electrons. The second-order valence-electron chi connectivity index (χ2n) is 7.74. The number of aromatic amines is 1. The minimum atomic E-state index is -3.40. The molecule has 1 fully saturated rings. The number of hydrogen-bond acceptors (Lipinski definition) is 5. The van der Waals surface area contributed by atoms with Gasteiger partial charge in [-0.3, -0.25) is 9.59 Å². The molecule has 0 bridgehead atoms. The summed E-state index contributed by atoms with van der Waals surface area (Å²) >= 11 is 0. The molecule has 0 radical (unpaired) electrons. The molecule has 2 aromatic rings. The molecule has 1 amide bonds. The SMILES string of the molecule is CS(=O)(=O)N1CCc2nc(C3CCCCN3C(=O)c3ccc(F)cc3)[nH]c(=O)c2C1. The van der Waals surface area contributed by atoms with E-state index < -0.39 is 15.8 Å². The largest absolute Gasteiger partial charge is 0.328 e. The summed E-state index contributed by atoms with van der Waals surface area (Å²) in [5.41, 5.74) is 0.937. The van der Waals surface area contributed by atoms with Crippen molar-refractivity contribution in [1.82, 2.24) is 19.2 Å². The van der Waals surface area contributed by atoms with E-state index in [2.05, 4.69) is 9.97 Å². The Balaban J connectivity index is 1.65. The highest BCUT2D eigenvalue weighted by molar-refractivity contribution is 7.88. The molecule has 4 rings (SSSR count). The lowest BCUT2D eigenvalue weighted by atomic mass is 9.99. The van der Waals surface area contributed by atoms with Crippen molar-refractivity contribution in [1.29, 1.82) is 0 Å². The summed E-state index contributed by atoms with van der Waals surface area (Å²) in [7, 11) is -3.40. The summed E-state index contributed by atoms with van der Waals surface area (Å²) in [6.07, 6.45) is 3.85. The Kier molecular flexibility index (Phi) is 5.46. The van der Waals surface area contributed by atoms with Crippen LogP contribution in [0.5, 0.6) is 0 Å². The average Bonchev–Trinajstić information content (AvgIpc) is 2.73. The molecule has 1 aromatic carbocycles. The predicted molar refractivity (Wildman–Crippen MR) is 108 cm³/mol. The van der Waals surface area contributed by atoms with Gasteiger partial charge in [-0.15, -0.1) is 0 Å². The van der Waals surface area contributed by atoms with Crippen LogP contribution >= 0.6 is 0 Å². The zero-order chi connectivity index (χ0) is 21.5. The van der Waals surface area contributed by atoms with Gasteiger partial charge in [0, 0.05) is 31.6 Å². The second-order valence-corrected chi connectivity index (χ2v) is 9.72. The van der Waals surface area contributed by atoms with Crippen LogP contribution in [0.15, 0.2) is 29.1 Å². The molecule has 8 nitrogen and oxygen atoms in total. The topological polar surface area (TPSA) is 103 Å². The molecule has 30 heavy (non-hydrogen) atoms. The van der Waals surface area contributed by atoms with Gasteiger partial charge >= 0.3 is 0 Å². The fraction of sp³-hybridized carbons (Fsp3) is 0.450. The number of rotatable bonds is 3. The molecule has 1 aromatic heterocycles. The van der Waals surface area contributed by atoms with Gasteiger partial charge in [0.05, 0.1) is 23.6 Å². The van der Waals surface area contributed by atoms with E-state index in [1.807, 2.05) is 0 Å². The van der Waals surface area contributed by atoms with Crippen LogP contribution in [0, 0.1) is 5.82 Å². The summed E-state index contributed by atoms with van der Waals surface area (Å²) in [5.74, 6) is -0.226. The number of aromatic nitrogens is 2. The van der Waals surface area contributed by atoms with E-state index in [4.69, 9.17) is 0 Å². The lowest BCUT2D eigenvalue weighted by Gasteiger charge is -2.35. The third-order valence-electron chi connectivity index (χ3n) is 5.69. The molecule has 1 N–H and O–H groups in total. The van der Waals surface area contributed by atoms with Crippen LogP contribution in [-0.4, -0.2) is 52.8 Å². The Hall–Kier alpha value is -2.59. The third-order valence-corrected chi connectivity index (χ3v) is 6.94. The summed E-state index contributed by atoms with van der Waals surface area (Å²) in [4.78, 5) is 34.8. The van der Waals surface area contributed by atoms with E-state index in [9.17, 15) is 22.4 Å². The molecular weight excluding hydrogens is 411 g/mol. The molecule has 1 unspecified atom stereocenters. The second kappa shape index (κ2) is 7.92. The van der Waals surface area contributed by atoms with Gasteiger partial charge in [0.15, 0.2) is 0 Å². The molecule has 2 aliphatic heterocycles. The highest BCUT2D eigenvalue weighted by Crippen LogP contribution is 2.30. The number of likely N-dealkylation sites (tertiary alicyclic amines) is 1. The molecular formula is C20H23FN4O4S. The quantitative estimate of drug-likeness (QED) is 0.790. The highest BCUT2D eigenvalue weighted by atomic mass is 32.2. The first kappa shape index (κ1) is 20.7. The van der Waals surface area contributed by atoms with E-state index >= 15 is 0 Å². The number of amides is 1. The lowest BCUT2D eigenvalue weighted by Crippen LogP contribution is -2.42. The zero-order valence-corrected chi connectivity index (χ0v) is 17.4. The number of nitrogens with one attached hydrogen (secondary N) is 1. The maximum atomic E-state index is 13.2. The van der Waals surface area contributed by atoms with Crippen LogP contribution < -0.4 is 5.56 Å². The van der Waals surface area contributed by atoms with Crippen molar-refractivity contribution in [3.05, 3.63) is 63.1 Å². The van der Waals surface area contributed by atoms with Gasteiger partial charge in [0.2, 0.25) is 10.0 Å². The van der Waals surface area contributed by atoms with E-state index in [1.165, 1.54) is 28.6 Å². The zero-order valence-electron chi connectivity index (χ0n) is 16.6. The number of H-pyrrole nitrogens is 1. The van der Waals surface area contributed by atoms with Crippen molar-refractivity contribution in [2.24, 2.45) is 0 Å². The molecule has 0 aliphatic carbocycles. The number of benzene rings is 1. The van der Waals surface area contributed by atoms with Gasteiger partial charge in [-0.1, -0.05) is 0 Å². The van der Waals surface area contributed by atoms with E-state index in [0.29, 0.717) is 42.0 Å². The van der Waals surface area contributed by atoms with E-state index in [0.717, 1.165) is 19.1 Å². The Morgan fingerprint density at radius 2 is 1.93 bits per heavy atom. The number of piperidine rings is 1. The van der Waals surface area contributed by atoms with Crippen LogP contribution in [0.1, 0.15) is 52.7 Å². The molecule has 2 aliphatic rings. The number of fused-ring (bicyclic) bond motifs is 1. The Morgan fingerprint density at radius 1 is 1.20 bits per heavy atom. The molecule has 10 heteroatoms. The van der Waals surface area contributed by atoms with Crippen LogP contribution in [0.2, 0.25) is 0 Å². The number of halogens is 1. The Morgan fingerprint density at radius 3 is 2.63 bits per heavy atom. The van der Waals surface area contributed by atoms with Gasteiger partial charge in [-0.25, -0.2) is 17.8 Å². The standard InChI is InChI=1S/C20H23FN4O4S/c1-30(28,29)24-11-9-16-15(12-24)19(26)23-18(22-16)17-4-2-3-10-25(17)20(27)13-5-7-14(21)8-6-13/h5-8,17H,2-4,9-12H2,1H3,(H,22,23,26). The first-order valence-corrected chi connectivity index (χ1v) is 11.7. The normalized spacial score (nSPS) is 20.1. The maximum absolute atomic E-state index is 13.2. The predicted octanol–water partition coefficient (Wildman–Crippen LogP) is 1.59. The summed E-state index contributed by atoms with van der Waals surface area (Å²) < 4.78 is 38.1.